The Balaban J connectivity index is 1.68. The SMILES string of the molecule is CCc1ccc(CN(Cc2cccnc2)S(=O)(=O)c2ccc3c(c2)NC(=O)CO3)cc1. The topological polar surface area (TPSA) is 88.6 Å². The summed E-state index contributed by atoms with van der Waals surface area (Å²) in [6.07, 6.45) is 4.22. The lowest BCUT2D eigenvalue weighted by Crippen LogP contribution is -2.31. The van der Waals surface area contributed by atoms with Gasteiger partial charge in [0.15, 0.2) is 6.61 Å². The van der Waals surface area contributed by atoms with E-state index in [4.69, 9.17) is 4.74 Å². The van der Waals surface area contributed by atoms with E-state index in [2.05, 4.69) is 17.2 Å². The van der Waals surface area contributed by atoms with Gasteiger partial charge in [0, 0.05) is 25.5 Å². The third-order valence-electron chi connectivity index (χ3n) is 5.09. The van der Waals surface area contributed by atoms with Crippen molar-refractivity contribution in [3.8, 4) is 5.75 Å². The van der Waals surface area contributed by atoms with Crippen molar-refractivity contribution >= 4 is 21.6 Å². The second-order valence-electron chi connectivity index (χ2n) is 7.30. The van der Waals surface area contributed by atoms with Crippen LogP contribution in [0.4, 0.5) is 5.69 Å². The monoisotopic (exact) mass is 437 g/mol. The zero-order chi connectivity index (χ0) is 21.8. The molecule has 1 aromatic heterocycles. The minimum absolute atomic E-state index is 0.0833. The maximum atomic E-state index is 13.6. The van der Waals surface area contributed by atoms with Crippen molar-refractivity contribution in [2.24, 2.45) is 0 Å². The molecule has 31 heavy (non-hydrogen) atoms. The molecule has 0 unspecified atom stereocenters. The predicted molar refractivity (Wildman–Crippen MR) is 117 cm³/mol. The molecule has 1 aliphatic rings. The first kappa shape index (κ1) is 21.0. The molecule has 0 atom stereocenters. The standard InChI is InChI=1S/C23H23N3O4S/c1-2-17-5-7-18(8-6-17)14-26(15-19-4-3-11-24-13-19)31(28,29)20-9-10-22-21(12-20)25-23(27)16-30-22/h3-13H,2,14-16H2,1H3,(H,25,27). The summed E-state index contributed by atoms with van der Waals surface area (Å²) in [7, 11) is -3.87. The van der Waals surface area contributed by atoms with E-state index in [0.717, 1.165) is 17.5 Å². The fourth-order valence-corrected chi connectivity index (χ4v) is 4.82. The van der Waals surface area contributed by atoms with Gasteiger partial charge in [-0.25, -0.2) is 8.42 Å². The number of sulfonamides is 1. The van der Waals surface area contributed by atoms with E-state index in [0.29, 0.717) is 11.4 Å². The number of anilines is 1. The molecule has 0 radical (unpaired) electrons. The van der Waals surface area contributed by atoms with Crippen LogP contribution in [-0.4, -0.2) is 30.2 Å². The molecule has 0 spiro atoms. The van der Waals surface area contributed by atoms with Crippen molar-refractivity contribution in [2.75, 3.05) is 11.9 Å². The van der Waals surface area contributed by atoms with E-state index in [-0.39, 0.29) is 30.5 Å². The van der Waals surface area contributed by atoms with Crippen molar-refractivity contribution in [3.05, 3.63) is 83.7 Å². The zero-order valence-electron chi connectivity index (χ0n) is 17.1. The minimum atomic E-state index is -3.87. The van der Waals surface area contributed by atoms with Crippen LogP contribution in [-0.2, 0) is 34.3 Å². The smallest absolute Gasteiger partial charge is 0.262 e. The first-order chi connectivity index (χ1) is 15.0. The summed E-state index contributed by atoms with van der Waals surface area (Å²) in [5, 5.41) is 2.67. The number of carbonyl (C=O) groups excluding carboxylic acids is 1. The number of carbonyl (C=O) groups is 1. The van der Waals surface area contributed by atoms with Crippen LogP contribution < -0.4 is 10.1 Å². The van der Waals surface area contributed by atoms with Gasteiger partial charge in [-0.15, -0.1) is 0 Å². The summed E-state index contributed by atoms with van der Waals surface area (Å²) in [5.74, 6) is 0.137. The lowest BCUT2D eigenvalue weighted by Gasteiger charge is -2.24. The van der Waals surface area contributed by atoms with Crippen LogP contribution in [0.3, 0.4) is 0 Å². The zero-order valence-corrected chi connectivity index (χ0v) is 17.9. The number of nitrogens with one attached hydrogen (secondary N) is 1. The molecule has 2 aromatic carbocycles. The molecule has 2 heterocycles. The molecule has 0 fully saturated rings. The molecule has 8 heteroatoms. The van der Waals surface area contributed by atoms with E-state index in [1.54, 1.807) is 24.5 Å². The average molecular weight is 438 g/mol. The summed E-state index contributed by atoms with van der Waals surface area (Å²) in [5.41, 5.74) is 3.21. The molecule has 3 aromatic rings. The lowest BCUT2D eigenvalue weighted by atomic mass is 10.1. The van der Waals surface area contributed by atoms with Crippen LogP contribution >= 0.6 is 0 Å². The van der Waals surface area contributed by atoms with Crippen LogP contribution in [0.1, 0.15) is 23.6 Å². The van der Waals surface area contributed by atoms with Gasteiger partial charge in [0.05, 0.1) is 10.6 Å². The summed E-state index contributed by atoms with van der Waals surface area (Å²) >= 11 is 0. The maximum Gasteiger partial charge on any atom is 0.262 e. The molecule has 0 aliphatic carbocycles. The second kappa shape index (κ2) is 8.87. The Hall–Kier alpha value is -3.23. The van der Waals surface area contributed by atoms with Crippen LogP contribution in [0.25, 0.3) is 0 Å². The normalized spacial score (nSPS) is 13.4. The average Bonchev–Trinajstić information content (AvgIpc) is 2.79. The lowest BCUT2D eigenvalue weighted by molar-refractivity contribution is -0.118. The number of hydrogen-bond donors (Lipinski definition) is 1. The Morgan fingerprint density at radius 1 is 1.03 bits per heavy atom. The Labute approximate surface area is 181 Å². The molecule has 1 amide bonds. The quantitative estimate of drug-likeness (QED) is 0.612. The Kier molecular flexibility index (Phi) is 6.01. The summed E-state index contributed by atoms with van der Waals surface area (Å²) in [6.45, 7) is 2.37. The molecule has 0 saturated heterocycles. The largest absolute Gasteiger partial charge is 0.482 e. The summed E-state index contributed by atoms with van der Waals surface area (Å²) in [4.78, 5) is 15.8. The first-order valence-corrected chi connectivity index (χ1v) is 11.4. The van der Waals surface area contributed by atoms with Gasteiger partial charge in [0.2, 0.25) is 10.0 Å². The fraction of sp³-hybridized carbons (Fsp3) is 0.217. The molecule has 1 aliphatic heterocycles. The number of rotatable bonds is 7. The first-order valence-electron chi connectivity index (χ1n) is 9.99. The second-order valence-corrected chi connectivity index (χ2v) is 9.24. The van der Waals surface area contributed by atoms with Crippen LogP contribution in [0, 0.1) is 0 Å². The van der Waals surface area contributed by atoms with E-state index < -0.39 is 10.0 Å². The van der Waals surface area contributed by atoms with Crippen molar-refractivity contribution < 1.29 is 17.9 Å². The van der Waals surface area contributed by atoms with Crippen LogP contribution in [0.15, 0.2) is 71.9 Å². The number of aromatic nitrogens is 1. The summed E-state index contributed by atoms with van der Waals surface area (Å²) < 4.78 is 33.9. The Morgan fingerprint density at radius 2 is 1.77 bits per heavy atom. The van der Waals surface area contributed by atoms with E-state index in [1.807, 2.05) is 30.3 Å². The molecule has 160 valence electrons. The van der Waals surface area contributed by atoms with Gasteiger partial charge in [-0.1, -0.05) is 37.3 Å². The van der Waals surface area contributed by atoms with Crippen molar-refractivity contribution in [3.63, 3.8) is 0 Å². The van der Waals surface area contributed by atoms with Crippen molar-refractivity contribution in [2.45, 2.75) is 31.3 Å². The van der Waals surface area contributed by atoms with Crippen LogP contribution in [0.2, 0.25) is 0 Å². The van der Waals surface area contributed by atoms with Crippen molar-refractivity contribution in [1.29, 1.82) is 0 Å². The molecule has 0 bridgehead atoms. The minimum Gasteiger partial charge on any atom is -0.482 e. The van der Waals surface area contributed by atoms with Gasteiger partial charge in [0.1, 0.15) is 5.75 Å². The highest BCUT2D eigenvalue weighted by atomic mass is 32.2. The number of pyridine rings is 1. The predicted octanol–water partition coefficient (Wildman–Crippen LogP) is 3.37. The van der Waals surface area contributed by atoms with E-state index in [9.17, 15) is 13.2 Å². The van der Waals surface area contributed by atoms with Gasteiger partial charge in [-0.3, -0.25) is 9.78 Å². The van der Waals surface area contributed by atoms with E-state index >= 15 is 0 Å². The number of fused-ring (bicyclic) bond motifs is 1. The highest BCUT2D eigenvalue weighted by Gasteiger charge is 2.27. The number of ether oxygens (including phenoxy) is 1. The number of amides is 1. The van der Waals surface area contributed by atoms with Gasteiger partial charge in [-0.2, -0.15) is 4.31 Å². The molecule has 1 N–H and O–H groups in total. The van der Waals surface area contributed by atoms with Gasteiger partial charge in [0.25, 0.3) is 5.91 Å². The number of benzene rings is 2. The van der Waals surface area contributed by atoms with Crippen molar-refractivity contribution in [1.82, 2.24) is 9.29 Å². The fourth-order valence-electron chi connectivity index (χ4n) is 3.38. The molecule has 0 saturated carbocycles. The third kappa shape index (κ3) is 4.76. The molecule has 7 nitrogen and oxygen atoms in total. The maximum absolute atomic E-state index is 13.6. The van der Waals surface area contributed by atoms with Gasteiger partial charge < -0.3 is 10.1 Å². The Bertz CT molecular complexity index is 1180. The summed E-state index contributed by atoms with van der Waals surface area (Å²) in [6, 6.07) is 16.1. The van der Waals surface area contributed by atoms with E-state index in [1.165, 1.54) is 22.0 Å². The molecular weight excluding hydrogens is 414 g/mol. The highest BCUT2D eigenvalue weighted by molar-refractivity contribution is 7.89. The Morgan fingerprint density at radius 3 is 2.48 bits per heavy atom. The van der Waals surface area contributed by atoms with Gasteiger partial charge >= 0.3 is 0 Å². The van der Waals surface area contributed by atoms with Crippen LogP contribution in [0.5, 0.6) is 5.75 Å². The molecule has 4 rings (SSSR count). The third-order valence-corrected chi connectivity index (χ3v) is 6.88. The number of aryl methyl sites for hydroxylation is 1. The number of nitrogens with zero attached hydrogens (tertiary/aromatic N) is 2. The molecular formula is C23H23N3O4S. The van der Waals surface area contributed by atoms with Gasteiger partial charge in [-0.05, 0) is 47.4 Å². The highest BCUT2D eigenvalue weighted by Crippen LogP contribution is 2.32. The number of hydrogen-bond acceptors (Lipinski definition) is 5.